The molecule has 0 aliphatic rings. The Morgan fingerprint density at radius 2 is 2.07 bits per heavy atom. The van der Waals surface area contributed by atoms with Gasteiger partial charge in [-0.1, -0.05) is 30.3 Å². The van der Waals surface area contributed by atoms with Crippen LogP contribution in [0.25, 0.3) is 0 Å². The minimum absolute atomic E-state index is 0.423. The fourth-order valence-electron chi connectivity index (χ4n) is 1.34. The molecule has 1 rings (SSSR count). The van der Waals surface area contributed by atoms with Crippen LogP contribution < -0.4 is 5.73 Å². The van der Waals surface area contributed by atoms with Gasteiger partial charge in [-0.2, -0.15) is 0 Å². The van der Waals surface area contributed by atoms with Gasteiger partial charge >= 0.3 is 0 Å². The van der Waals surface area contributed by atoms with Crippen molar-refractivity contribution >= 4 is 11.4 Å². The van der Waals surface area contributed by atoms with Crippen LogP contribution in [0.5, 0.6) is 0 Å². The summed E-state index contributed by atoms with van der Waals surface area (Å²) in [6.45, 7) is 0.526. The van der Waals surface area contributed by atoms with E-state index in [1.165, 1.54) is 0 Å². The van der Waals surface area contributed by atoms with Crippen LogP contribution in [0.1, 0.15) is 24.5 Å². The van der Waals surface area contributed by atoms with E-state index in [4.69, 9.17) is 9.92 Å². The second-order valence-corrected chi connectivity index (χ2v) is 3.73. The maximum absolute atomic E-state index is 10.5. The molecule has 1 aromatic carbocycles. The minimum Gasteiger partial charge on any atom is -0.750 e. The van der Waals surface area contributed by atoms with E-state index in [-0.39, 0.29) is 0 Å². The summed E-state index contributed by atoms with van der Waals surface area (Å²) in [6.07, 6.45) is 0.915. The molecule has 15 heavy (non-hydrogen) atoms. The van der Waals surface area contributed by atoms with E-state index < -0.39 is 17.5 Å². The summed E-state index contributed by atoms with van der Waals surface area (Å²) in [5.41, 5.74) is 6.23. The third-order valence-corrected chi connectivity index (χ3v) is 2.43. The lowest BCUT2D eigenvalue weighted by molar-refractivity contribution is 0.192. The Morgan fingerprint density at radius 3 is 2.60 bits per heavy atom. The van der Waals surface area contributed by atoms with E-state index in [0.29, 0.717) is 13.0 Å². The van der Waals surface area contributed by atoms with Gasteiger partial charge in [0.1, 0.15) is 0 Å². The van der Waals surface area contributed by atoms with E-state index >= 15 is 0 Å². The van der Waals surface area contributed by atoms with Crippen LogP contribution in [-0.2, 0) is 15.5 Å². The van der Waals surface area contributed by atoms with Gasteiger partial charge in [-0.15, -0.1) is 0 Å². The Balaban J connectivity index is 2.67. The molecule has 0 aliphatic heterocycles. The fourth-order valence-corrected chi connectivity index (χ4v) is 1.73. The first-order valence-corrected chi connectivity index (χ1v) is 5.75. The van der Waals surface area contributed by atoms with Gasteiger partial charge in [0.15, 0.2) is 0 Å². The van der Waals surface area contributed by atoms with Crippen molar-refractivity contribution in [1.29, 1.82) is 0 Å². The molecular formula is C10H14NO3S-. The number of hydrogen-bond donors (Lipinski definition) is 1. The third-order valence-electron chi connectivity index (χ3n) is 2.04. The molecule has 0 fully saturated rings. The molecule has 0 heterocycles. The molecule has 84 valence electrons. The van der Waals surface area contributed by atoms with Crippen LogP contribution in [0.4, 0.5) is 0 Å². The highest BCUT2D eigenvalue weighted by Crippen LogP contribution is 2.22. The van der Waals surface area contributed by atoms with Crippen molar-refractivity contribution in [2.75, 3.05) is 6.54 Å². The Labute approximate surface area is 91.9 Å². The van der Waals surface area contributed by atoms with Gasteiger partial charge in [0, 0.05) is 0 Å². The lowest BCUT2D eigenvalue weighted by Gasteiger charge is -2.18. The Kier molecular flexibility index (Phi) is 5.49. The summed E-state index contributed by atoms with van der Waals surface area (Å²) in [7, 11) is 0. The van der Waals surface area contributed by atoms with Crippen LogP contribution in [0.3, 0.4) is 0 Å². The van der Waals surface area contributed by atoms with Gasteiger partial charge < -0.3 is 10.3 Å². The van der Waals surface area contributed by atoms with Gasteiger partial charge in [0.25, 0.3) is 0 Å². The van der Waals surface area contributed by atoms with Gasteiger partial charge in [0.05, 0.1) is 17.5 Å². The van der Waals surface area contributed by atoms with Crippen molar-refractivity contribution < 1.29 is 12.9 Å². The molecular weight excluding hydrogens is 214 g/mol. The molecule has 0 amide bonds. The predicted molar refractivity (Wildman–Crippen MR) is 57.5 cm³/mol. The summed E-state index contributed by atoms with van der Waals surface area (Å²) in [5.74, 6) is 0. The highest BCUT2D eigenvalue weighted by Gasteiger charge is 2.11. The molecule has 2 N–H and O–H groups in total. The Morgan fingerprint density at radius 1 is 1.40 bits per heavy atom. The molecule has 2 unspecified atom stereocenters. The normalized spacial score (nSPS) is 14.8. The average molecular weight is 228 g/mol. The van der Waals surface area contributed by atoms with E-state index in [9.17, 15) is 8.76 Å². The van der Waals surface area contributed by atoms with Gasteiger partial charge in [-0.3, -0.25) is 4.18 Å². The summed E-state index contributed by atoms with van der Waals surface area (Å²) in [5, 5.41) is 0. The summed E-state index contributed by atoms with van der Waals surface area (Å²) >= 11 is -2.49. The SMILES string of the molecule is NCCCC(OS(=O)[O-])c1ccccc1. The van der Waals surface area contributed by atoms with Crippen molar-refractivity contribution in [3.63, 3.8) is 0 Å². The van der Waals surface area contributed by atoms with Crippen LogP contribution in [0, 0.1) is 0 Å². The fraction of sp³-hybridized carbons (Fsp3) is 0.400. The first-order chi connectivity index (χ1) is 7.24. The van der Waals surface area contributed by atoms with Crippen molar-refractivity contribution in [2.45, 2.75) is 18.9 Å². The first-order valence-electron chi connectivity index (χ1n) is 4.75. The topological polar surface area (TPSA) is 75.4 Å². The van der Waals surface area contributed by atoms with E-state index in [0.717, 1.165) is 12.0 Å². The maximum atomic E-state index is 10.5. The molecule has 0 aliphatic carbocycles. The molecule has 0 saturated carbocycles. The van der Waals surface area contributed by atoms with Crippen molar-refractivity contribution in [3.8, 4) is 0 Å². The smallest absolute Gasteiger partial charge is 0.0987 e. The lowest BCUT2D eigenvalue weighted by atomic mass is 10.1. The zero-order chi connectivity index (χ0) is 11.1. The van der Waals surface area contributed by atoms with E-state index in [1.807, 2.05) is 30.3 Å². The number of rotatable bonds is 6. The average Bonchev–Trinajstić information content (AvgIpc) is 2.25. The van der Waals surface area contributed by atoms with Crippen LogP contribution in [0.2, 0.25) is 0 Å². The van der Waals surface area contributed by atoms with E-state index in [1.54, 1.807) is 0 Å². The number of hydrogen-bond acceptors (Lipinski definition) is 4. The number of nitrogens with two attached hydrogens (primary N) is 1. The highest BCUT2D eigenvalue weighted by atomic mass is 32.2. The monoisotopic (exact) mass is 228 g/mol. The quantitative estimate of drug-likeness (QED) is 0.744. The van der Waals surface area contributed by atoms with Crippen molar-refractivity contribution in [2.24, 2.45) is 5.73 Å². The third kappa shape index (κ3) is 4.53. The molecule has 0 radical (unpaired) electrons. The molecule has 4 nitrogen and oxygen atoms in total. The maximum Gasteiger partial charge on any atom is 0.0987 e. The molecule has 0 saturated heterocycles. The predicted octanol–water partition coefficient (Wildman–Crippen LogP) is 1.28. The lowest BCUT2D eigenvalue weighted by Crippen LogP contribution is -2.09. The molecule has 2 atom stereocenters. The molecule has 0 aromatic heterocycles. The van der Waals surface area contributed by atoms with Crippen LogP contribution in [0.15, 0.2) is 30.3 Å². The van der Waals surface area contributed by atoms with Crippen LogP contribution in [-0.4, -0.2) is 15.3 Å². The summed E-state index contributed by atoms with van der Waals surface area (Å²) in [6, 6.07) is 9.25. The Bertz CT molecular complexity index is 305. The second kappa shape index (κ2) is 6.68. The van der Waals surface area contributed by atoms with Gasteiger partial charge in [0.2, 0.25) is 0 Å². The minimum atomic E-state index is -2.49. The second-order valence-electron chi connectivity index (χ2n) is 3.13. The molecule has 1 aromatic rings. The standard InChI is InChI=1S/C10H15NO3S/c11-8-4-7-10(14-15(12)13)9-5-2-1-3-6-9/h1-3,5-6,10H,4,7-8,11H2,(H,12,13)/p-1. The first kappa shape index (κ1) is 12.3. The molecule has 0 bridgehead atoms. The van der Waals surface area contributed by atoms with Gasteiger partial charge in [-0.05, 0) is 24.9 Å². The summed E-state index contributed by atoms with van der Waals surface area (Å²) < 4.78 is 25.8. The Hall–Kier alpha value is -0.750. The molecule has 0 spiro atoms. The summed E-state index contributed by atoms with van der Waals surface area (Å²) in [4.78, 5) is 0. The highest BCUT2D eigenvalue weighted by molar-refractivity contribution is 7.74. The van der Waals surface area contributed by atoms with E-state index in [2.05, 4.69) is 0 Å². The van der Waals surface area contributed by atoms with Crippen molar-refractivity contribution in [3.05, 3.63) is 35.9 Å². The number of benzene rings is 1. The van der Waals surface area contributed by atoms with Crippen LogP contribution >= 0.6 is 0 Å². The van der Waals surface area contributed by atoms with Gasteiger partial charge in [-0.25, -0.2) is 4.21 Å². The van der Waals surface area contributed by atoms with Crippen molar-refractivity contribution in [1.82, 2.24) is 0 Å². The zero-order valence-electron chi connectivity index (χ0n) is 8.30. The molecule has 5 heteroatoms. The largest absolute Gasteiger partial charge is 0.750 e. The zero-order valence-corrected chi connectivity index (χ0v) is 9.11.